The lowest BCUT2D eigenvalue weighted by Crippen LogP contribution is -2.42. The fourth-order valence-corrected chi connectivity index (χ4v) is 4.33. The molecule has 1 aliphatic carbocycles. The lowest BCUT2D eigenvalue weighted by atomic mass is 10.0. The van der Waals surface area contributed by atoms with Crippen molar-refractivity contribution in [2.24, 2.45) is 5.73 Å². The second kappa shape index (κ2) is 6.37. The van der Waals surface area contributed by atoms with E-state index in [9.17, 15) is 8.42 Å². The molecule has 20 heavy (non-hydrogen) atoms. The SMILES string of the molecule is N=C(N)C(NS(=O)(=O)C1CCCCC1)c1ccccc1. The summed E-state index contributed by atoms with van der Waals surface area (Å²) in [5.41, 5.74) is 6.26. The summed E-state index contributed by atoms with van der Waals surface area (Å²) in [7, 11) is -3.45. The summed E-state index contributed by atoms with van der Waals surface area (Å²) >= 11 is 0. The summed E-state index contributed by atoms with van der Waals surface area (Å²) in [6.07, 6.45) is 4.37. The van der Waals surface area contributed by atoms with E-state index in [4.69, 9.17) is 11.1 Å². The van der Waals surface area contributed by atoms with Gasteiger partial charge in [-0.3, -0.25) is 5.41 Å². The van der Waals surface area contributed by atoms with Crippen LogP contribution in [0, 0.1) is 5.41 Å². The highest BCUT2D eigenvalue weighted by Gasteiger charge is 2.30. The maximum Gasteiger partial charge on any atom is 0.215 e. The summed E-state index contributed by atoms with van der Waals surface area (Å²) in [4.78, 5) is 0. The monoisotopic (exact) mass is 295 g/mol. The van der Waals surface area contributed by atoms with Gasteiger partial charge in [-0.05, 0) is 18.4 Å². The minimum Gasteiger partial charge on any atom is -0.386 e. The average Bonchev–Trinajstić information content (AvgIpc) is 2.46. The molecule has 110 valence electrons. The van der Waals surface area contributed by atoms with Crippen molar-refractivity contribution in [3.8, 4) is 0 Å². The van der Waals surface area contributed by atoms with Crippen LogP contribution in [0.4, 0.5) is 0 Å². The van der Waals surface area contributed by atoms with Gasteiger partial charge in [-0.15, -0.1) is 0 Å². The van der Waals surface area contributed by atoms with Gasteiger partial charge >= 0.3 is 0 Å². The zero-order valence-electron chi connectivity index (χ0n) is 11.4. The molecule has 0 amide bonds. The summed E-state index contributed by atoms with van der Waals surface area (Å²) < 4.78 is 27.4. The predicted octanol–water partition coefficient (Wildman–Crippen LogP) is 1.92. The van der Waals surface area contributed by atoms with Crippen LogP contribution in [0.25, 0.3) is 0 Å². The molecule has 1 fully saturated rings. The van der Waals surface area contributed by atoms with Gasteiger partial charge in [0.05, 0.1) is 5.25 Å². The van der Waals surface area contributed by atoms with Gasteiger partial charge in [-0.1, -0.05) is 49.6 Å². The van der Waals surface area contributed by atoms with E-state index in [-0.39, 0.29) is 11.1 Å². The van der Waals surface area contributed by atoms with E-state index in [1.807, 2.05) is 6.07 Å². The number of hydrogen-bond donors (Lipinski definition) is 3. The molecule has 2 rings (SSSR count). The molecule has 0 bridgehead atoms. The topological polar surface area (TPSA) is 96.0 Å². The molecule has 1 aromatic rings. The summed E-state index contributed by atoms with van der Waals surface area (Å²) in [6, 6.07) is 8.23. The first-order valence-electron chi connectivity index (χ1n) is 6.91. The molecule has 0 saturated heterocycles. The van der Waals surface area contributed by atoms with Crippen LogP contribution in [0.2, 0.25) is 0 Å². The lowest BCUT2D eigenvalue weighted by Gasteiger charge is -2.25. The molecular formula is C14H21N3O2S. The highest BCUT2D eigenvalue weighted by molar-refractivity contribution is 7.90. The van der Waals surface area contributed by atoms with Crippen molar-refractivity contribution >= 4 is 15.9 Å². The highest BCUT2D eigenvalue weighted by atomic mass is 32.2. The van der Waals surface area contributed by atoms with Gasteiger partial charge < -0.3 is 5.73 Å². The Kier molecular flexibility index (Phi) is 4.77. The number of sulfonamides is 1. The fraction of sp³-hybridized carbons (Fsp3) is 0.500. The zero-order chi connectivity index (χ0) is 14.6. The smallest absolute Gasteiger partial charge is 0.215 e. The van der Waals surface area contributed by atoms with Crippen molar-refractivity contribution in [1.82, 2.24) is 4.72 Å². The van der Waals surface area contributed by atoms with E-state index in [1.54, 1.807) is 24.3 Å². The quantitative estimate of drug-likeness (QED) is 0.572. The fourth-order valence-electron chi connectivity index (χ4n) is 2.59. The van der Waals surface area contributed by atoms with Crippen LogP contribution < -0.4 is 10.5 Å². The molecule has 1 unspecified atom stereocenters. The Morgan fingerprint density at radius 1 is 1.20 bits per heavy atom. The van der Waals surface area contributed by atoms with Gasteiger partial charge in [0.15, 0.2) is 0 Å². The largest absolute Gasteiger partial charge is 0.386 e. The molecule has 1 aromatic carbocycles. The van der Waals surface area contributed by atoms with E-state index in [2.05, 4.69) is 4.72 Å². The van der Waals surface area contributed by atoms with Crippen LogP contribution in [-0.4, -0.2) is 19.5 Å². The van der Waals surface area contributed by atoms with Gasteiger partial charge in [0.2, 0.25) is 10.0 Å². The molecule has 0 spiro atoms. The summed E-state index contributed by atoms with van der Waals surface area (Å²) in [6.45, 7) is 0. The van der Waals surface area contributed by atoms with Crippen molar-refractivity contribution in [1.29, 1.82) is 5.41 Å². The molecule has 1 atom stereocenters. The van der Waals surface area contributed by atoms with E-state index < -0.39 is 16.1 Å². The first-order chi connectivity index (χ1) is 9.50. The third kappa shape index (κ3) is 3.58. The number of rotatable bonds is 5. The van der Waals surface area contributed by atoms with Crippen LogP contribution in [0.1, 0.15) is 43.7 Å². The van der Waals surface area contributed by atoms with Crippen molar-refractivity contribution in [2.75, 3.05) is 0 Å². The summed E-state index contributed by atoms with van der Waals surface area (Å²) in [5.74, 6) is -0.185. The Hall–Kier alpha value is -1.40. The molecule has 0 radical (unpaired) electrons. The maximum absolute atomic E-state index is 12.4. The Morgan fingerprint density at radius 3 is 2.35 bits per heavy atom. The number of nitrogens with two attached hydrogens (primary N) is 1. The lowest BCUT2D eigenvalue weighted by molar-refractivity contribution is 0.476. The molecule has 5 nitrogen and oxygen atoms in total. The van der Waals surface area contributed by atoms with E-state index in [1.165, 1.54) is 0 Å². The minimum absolute atomic E-state index is 0.185. The second-order valence-corrected chi connectivity index (χ2v) is 7.21. The van der Waals surface area contributed by atoms with Crippen molar-refractivity contribution in [3.05, 3.63) is 35.9 Å². The van der Waals surface area contributed by atoms with Crippen LogP contribution in [0.5, 0.6) is 0 Å². The van der Waals surface area contributed by atoms with E-state index >= 15 is 0 Å². The second-order valence-electron chi connectivity index (χ2n) is 5.22. The van der Waals surface area contributed by atoms with Gasteiger partial charge in [0.25, 0.3) is 0 Å². The van der Waals surface area contributed by atoms with Crippen molar-refractivity contribution < 1.29 is 8.42 Å². The third-order valence-corrected chi connectivity index (χ3v) is 5.63. The summed E-state index contributed by atoms with van der Waals surface area (Å²) in [5, 5.41) is 7.27. The molecule has 1 aliphatic rings. The normalized spacial score (nSPS) is 18.6. The predicted molar refractivity (Wildman–Crippen MR) is 80.0 cm³/mol. The van der Waals surface area contributed by atoms with Gasteiger partial charge in [0.1, 0.15) is 11.9 Å². The molecule has 0 aromatic heterocycles. The maximum atomic E-state index is 12.4. The first kappa shape index (κ1) is 15.0. The van der Waals surface area contributed by atoms with Crippen molar-refractivity contribution in [2.45, 2.75) is 43.4 Å². The third-order valence-electron chi connectivity index (χ3n) is 3.72. The Bertz CT molecular complexity index is 551. The molecule has 1 saturated carbocycles. The molecule has 6 heteroatoms. The van der Waals surface area contributed by atoms with Crippen LogP contribution in [0.15, 0.2) is 30.3 Å². The molecular weight excluding hydrogens is 274 g/mol. The van der Waals surface area contributed by atoms with Gasteiger partial charge in [-0.2, -0.15) is 4.72 Å². The van der Waals surface area contributed by atoms with Crippen molar-refractivity contribution in [3.63, 3.8) is 0 Å². The Morgan fingerprint density at radius 2 is 1.80 bits per heavy atom. The van der Waals surface area contributed by atoms with Crippen LogP contribution >= 0.6 is 0 Å². The molecule has 0 heterocycles. The van der Waals surface area contributed by atoms with E-state index in [0.29, 0.717) is 18.4 Å². The Labute approximate surface area is 120 Å². The van der Waals surface area contributed by atoms with Gasteiger partial charge in [-0.25, -0.2) is 8.42 Å². The van der Waals surface area contributed by atoms with Crippen LogP contribution in [-0.2, 0) is 10.0 Å². The zero-order valence-corrected chi connectivity index (χ0v) is 12.2. The standard InChI is InChI=1S/C14H21N3O2S/c15-14(16)13(11-7-3-1-4-8-11)17-20(18,19)12-9-5-2-6-10-12/h1,3-4,7-8,12-13,17H,2,5-6,9-10H2,(H3,15,16). The number of benzene rings is 1. The van der Waals surface area contributed by atoms with Gasteiger partial charge in [0, 0.05) is 0 Å². The minimum atomic E-state index is -3.45. The Balaban J connectivity index is 2.18. The molecule has 0 aliphatic heterocycles. The highest BCUT2D eigenvalue weighted by Crippen LogP contribution is 2.25. The number of amidine groups is 1. The first-order valence-corrected chi connectivity index (χ1v) is 8.45. The number of nitrogens with one attached hydrogen (secondary N) is 2. The number of hydrogen-bond acceptors (Lipinski definition) is 3. The van der Waals surface area contributed by atoms with E-state index in [0.717, 1.165) is 19.3 Å². The molecule has 4 N–H and O–H groups in total. The van der Waals surface area contributed by atoms with Crippen LogP contribution in [0.3, 0.4) is 0 Å². The average molecular weight is 295 g/mol.